The van der Waals surface area contributed by atoms with Crippen molar-refractivity contribution >= 4 is 0 Å². The van der Waals surface area contributed by atoms with Gasteiger partial charge in [-0.3, -0.25) is 0 Å². The Balaban J connectivity index is 2.50. The van der Waals surface area contributed by atoms with Crippen molar-refractivity contribution in [2.75, 3.05) is 7.05 Å². The second-order valence-electron chi connectivity index (χ2n) is 4.49. The van der Waals surface area contributed by atoms with Gasteiger partial charge in [0, 0.05) is 6.04 Å². The zero-order chi connectivity index (χ0) is 9.03. The SMILES string of the molecule is CCCC(NC)C1(C)CCCC1. The Labute approximate surface area is 76.9 Å². The number of nitrogens with one attached hydrogen (secondary N) is 1. The normalized spacial score (nSPS) is 24.2. The predicted octanol–water partition coefficient (Wildman–Crippen LogP) is 2.95. The number of hydrogen-bond acceptors (Lipinski definition) is 1. The van der Waals surface area contributed by atoms with Gasteiger partial charge in [-0.25, -0.2) is 0 Å². The monoisotopic (exact) mass is 169 g/mol. The molecule has 0 aromatic heterocycles. The molecule has 1 atom stereocenters. The first-order valence-electron chi connectivity index (χ1n) is 5.40. The molecule has 0 bridgehead atoms. The van der Waals surface area contributed by atoms with E-state index in [4.69, 9.17) is 0 Å². The Morgan fingerprint density at radius 1 is 1.33 bits per heavy atom. The van der Waals surface area contributed by atoms with E-state index in [0.717, 1.165) is 6.04 Å². The van der Waals surface area contributed by atoms with Gasteiger partial charge in [0.15, 0.2) is 0 Å². The highest BCUT2D eigenvalue weighted by Crippen LogP contribution is 2.41. The fraction of sp³-hybridized carbons (Fsp3) is 1.00. The second-order valence-corrected chi connectivity index (χ2v) is 4.49. The first kappa shape index (κ1) is 10.0. The van der Waals surface area contributed by atoms with Crippen LogP contribution < -0.4 is 5.32 Å². The van der Waals surface area contributed by atoms with Crippen molar-refractivity contribution in [2.24, 2.45) is 5.41 Å². The van der Waals surface area contributed by atoms with Crippen molar-refractivity contribution in [3.05, 3.63) is 0 Å². The van der Waals surface area contributed by atoms with Crippen LogP contribution in [0.2, 0.25) is 0 Å². The minimum absolute atomic E-state index is 0.602. The van der Waals surface area contributed by atoms with Crippen molar-refractivity contribution < 1.29 is 0 Å². The molecule has 1 aliphatic rings. The summed E-state index contributed by atoms with van der Waals surface area (Å²) in [5.41, 5.74) is 0.602. The third kappa shape index (κ3) is 2.01. The number of rotatable bonds is 4. The maximum Gasteiger partial charge on any atom is 0.0118 e. The van der Waals surface area contributed by atoms with Crippen LogP contribution in [0.4, 0.5) is 0 Å². The fourth-order valence-electron chi connectivity index (χ4n) is 2.66. The lowest BCUT2D eigenvalue weighted by Crippen LogP contribution is -2.39. The maximum absolute atomic E-state index is 3.49. The van der Waals surface area contributed by atoms with Gasteiger partial charge in [-0.15, -0.1) is 0 Å². The molecule has 1 saturated carbocycles. The summed E-state index contributed by atoms with van der Waals surface area (Å²) in [6.07, 6.45) is 8.39. The van der Waals surface area contributed by atoms with Crippen LogP contribution in [0.15, 0.2) is 0 Å². The Bertz CT molecular complexity index is 125. The Kier molecular flexibility index (Phi) is 3.57. The third-order valence-corrected chi connectivity index (χ3v) is 3.51. The van der Waals surface area contributed by atoms with E-state index in [1.54, 1.807) is 0 Å². The van der Waals surface area contributed by atoms with Gasteiger partial charge >= 0.3 is 0 Å². The highest BCUT2D eigenvalue weighted by molar-refractivity contribution is 4.90. The van der Waals surface area contributed by atoms with Crippen LogP contribution in [-0.4, -0.2) is 13.1 Å². The smallest absolute Gasteiger partial charge is 0.0118 e. The summed E-state index contributed by atoms with van der Waals surface area (Å²) in [5, 5.41) is 3.49. The van der Waals surface area contributed by atoms with Crippen LogP contribution in [0.1, 0.15) is 52.4 Å². The lowest BCUT2D eigenvalue weighted by Gasteiger charge is -2.33. The largest absolute Gasteiger partial charge is 0.316 e. The molecule has 12 heavy (non-hydrogen) atoms. The highest BCUT2D eigenvalue weighted by atomic mass is 14.9. The van der Waals surface area contributed by atoms with Crippen LogP contribution >= 0.6 is 0 Å². The van der Waals surface area contributed by atoms with Crippen LogP contribution in [0.5, 0.6) is 0 Å². The topological polar surface area (TPSA) is 12.0 Å². The fourth-order valence-corrected chi connectivity index (χ4v) is 2.66. The van der Waals surface area contributed by atoms with Gasteiger partial charge in [-0.2, -0.15) is 0 Å². The van der Waals surface area contributed by atoms with Gasteiger partial charge in [-0.1, -0.05) is 33.1 Å². The van der Waals surface area contributed by atoms with Crippen LogP contribution in [-0.2, 0) is 0 Å². The summed E-state index contributed by atoms with van der Waals surface area (Å²) in [6.45, 7) is 4.74. The zero-order valence-electron chi connectivity index (χ0n) is 8.82. The van der Waals surface area contributed by atoms with E-state index in [-0.39, 0.29) is 0 Å². The summed E-state index contributed by atoms with van der Waals surface area (Å²) in [6, 6.07) is 0.755. The van der Waals surface area contributed by atoms with Crippen LogP contribution in [0.25, 0.3) is 0 Å². The highest BCUT2D eigenvalue weighted by Gasteiger charge is 2.35. The van der Waals surface area contributed by atoms with Crippen LogP contribution in [0.3, 0.4) is 0 Å². The van der Waals surface area contributed by atoms with Crippen LogP contribution in [0, 0.1) is 5.41 Å². The minimum atomic E-state index is 0.602. The van der Waals surface area contributed by atoms with Crippen molar-refractivity contribution in [3.63, 3.8) is 0 Å². The molecule has 1 heteroatoms. The molecule has 72 valence electrons. The molecule has 0 heterocycles. The summed E-state index contributed by atoms with van der Waals surface area (Å²) < 4.78 is 0. The standard InChI is InChI=1S/C11H23N/c1-4-7-10(12-3)11(2)8-5-6-9-11/h10,12H,4-9H2,1-3H3. The molecule has 0 aliphatic heterocycles. The van der Waals surface area contributed by atoms with E-state index in [2.05, 4.69) is 26.2 Å². The lowest BCUT2D eigenvalue weighted by atomic mass is 9.79. The summed E-state index contributed by atoms with van der Waals surface area (Å²) >= 11 is 0. The summed E-state index contributed by atoms with van der Waals surface area (Å²) in [4.78, 5) is 0. The van der Waals surface area contributed by atoms with Gasteiger partial charge in [-0.05, 0) is 31.7 Å². The molecule has 1 N–H and O–H groups in total. The Hall–Kier alpha value is -0.0400. The van der Waals surface area contributed by atoms with Gasteiger partial charge in [0.2, 0.25) is 0 Å². The van der Waals surface area contributed by atoms with E-state index < -0.39 is 0 Å². The third-order valence-electron chi connectivity index (χ3n) is 3.51. The lowest BCUT2D eigenvalue weighted by molar-refractivity contribution is 0.218. The molecule has 0 spiro atoms. The first-order valence-corrected chi connectivity index (χ1v) is 5.40. The van der Waals surface area contributed by atoms with E-state index in [9.17, 15) is 0 Å². The van der Waals surface area contributed by atoms with Gasteiger partial charge < -0.3 is 5.32 Å². The van der Waals surface area contributed by atoms with E-state index in [1.165, 1.54) is 38.5 Å². The molecule has 1 rings (SSSR count). The van der Waals surface area contributed by atoms with Gasteiger partial charge in [0.25, 0.3) is 0 Å². The summed E-state index contributed by atoms with van der Waals surface area (Å²) in [7, 11) is 2.11. The molecule has 1 aliphatic carbocycles. The molecule has 1 unspecified atom stereocenters. The minimum Gasteiger partial charge on any atom is -0.316 e. The molecule has 0 radical (unpaired) electrons. The molecule has 0 amide bonds. The molecule has 1 fully saturated rings. The quantitative estimate of drug-likeness (QED) is 0.682. The first-order chi connectivity index (χ1) is 5.73. The summed E-state index contributed by atoms with van der Waals surface area (Å²) in [5.74, 6) is 0. The van der Waals surface area contributed by atoms with E-state index in [0.29, 0.717) is 5.41 Å². The molecular formula is C11H23N. The molecule has 0 aromatic rings. The van der Waals surface area contributed by atoms with Crippen molar-refractivity contribution in [2.45, 2.75) is 58.4 Å². The van der Waals surface area contributed by atoms with E-state index >= 15 is 0 Å². The van der Waals surface area contributed by atoms with Crippen molar-refractivity contribution in [1.29, 1.82) is 0 Å². The number of hydrogen-bond donors (Lipinski definition) is 1. The molecule has 0 saturated heterocycles. The second kappa shape index (κ2) is 4.27. The van der Waals surface area contributed by atoms with Gasteiger partial charge in [0.05, 0.1) is 0 Å². The van der Waals surface area contributed by atoms with Gasteiger partial charge in [0.1, 0.15) is 0 Å². The zero-order valence-corrected chi connectivity index (χ0v) is 8.82. The van der Waals surface area contributed by atoms with Crippen molar-refractivity contribution in [1.82, 2.24) is 5.32 Å². The molecule has 0 aromatic carbocycles. The van der Waals surface area contributed by atoms with Crippen molar-refractivity contribution in [3.8, 4) is 0 Å². The average Bonchev–Trinajstić information content (AvgIpc) is 2.49. The Morgan fingerprint density at radius 2 is 1.92 bits per heavy atom. The van der Waals surface area contributed by atoms with E-state index in [1.807, 2.05) is 0 Å². The average molecular weight is 169 g/mol. The Morgan fingerprint density at radius 3 is 2.33 bits per heavy atom. The molecular weight excluding hydrogens is 146 g/mol. The molecule has 1 nitrogen and oxygen atoms in total. The maximum atomic E-state index is 3.49. The predicted molar refractivity (Wildman–Crippen MR) is 54.3 cm³/mol.